The maximum absolute atomic E-state index is 12.7. The van der Waals surface area contributed by atoms with Crippen LogP contribution < -0.4 is 10.2 Å². The number of hydrogen-bond acceptors (Lipinski definition) is 5. The summed E-state index contributed by atoms with van der Waals surface area (Å²) in [6, 6.07) is 22.1. The minimum Gasteiger partial charge on any atom is -0.395 e. The summed E-state index contributed by atoms with van der Waals surface area (Å²) >= 11 is 7.74. The predicted molar refractivity (Wildman–Crippen MR) is 141 cm³/mol. The lowest BCUT2D eigenvalue weighted by Gasteiger charge is -2.17. The second-order valence-corrected chi connectivity index (χ2v) is 9.14. The number of carbonyl (C=O) groups excluding carboxylic acids is 2. The first-order valence-electron chi connectivity index (χ1n) is 10.7. The Morgan fingerprint density at radius 2 is 1.74 bits per heavy atom. The molecule has 0 aliphatic carbocycles. The van der Waals surface area contributed by atoms with E-state index in [1.165, 1.54) is 17.4 Å². The number of rotatable bonds is 8. The third-order valence-electron chi connectivity index (χ3n) is 5.36. The first-order valence-corrected chi connectivity index (χ1v) is 11.9. The topological polar surface area (TPSA) is 69.6 Å². The molecule has 0 saturated heterocycles. The van der Waals surface area contributed by atoms with Crippen molar-refractivity contribution in [1.82, 2.24) is 0 Å². The van der Waals surface area contributed by atoms with Gasteiger partial charge in [0.25, 0.3) is 5.91 Å². The molecule has 34 heavy (non-hydrogen) atoms. The quantitative estimate of drug-likeness (QED) is 0.230. The number of halogens is 1. The van der Waals surface area contributed by atoms with Gasteiger partial charge in [0, 0.05) is 40.6 Å². The number of carbonyl (C=O) groups is 2. The van der Waals surface area contributed by atoms with Crippen LogP contribution in [0.1, 0.15) is 25.6 Å². The molecule has 7 heteroatoms. The summed E-state index contributed by atoms with van der Waals surface area (Å²) in [5.74, 6) is -0.412. The van der Waals surface area contributed by atoms with Crippen molar-refractivity contribution < 1.29 is 14.7 Å². The Balaban J connectivity index is 1.39. The van der Waals surface area contributed by atoms with Crippen LogP contribution in [0, 0.1) is 0 Å². The van der Waals surface area contributed by atoms with Crippen LogP contribution in [0.2, 0.25) is 5.02 Å². The average Bonchev–Trinajstić information content (AvgIpc) is 3.20. The maximum atomic E-state index is 12.7. The van der Waals surface area contributed by atoms with E-state index in [9.17, 15) is 9.59 Å². The van der Waals surface area contributed by atoms with Crippen LogP contribution in [0.5, 0.6) is 0 Å². The summed E-state index contributed by atoms with van der Waals surface area (Å²) in [5, 5.41) is 13.2. The number of ketones is 1. The first-order chi connectivity index (χ1) is 16.5. The number of nitrogens with zero attached hydrogens (tertiary/aromatic N) is 1. The molecule has 0 aliphatic rings. The van der Waals surface area contributed by atoms with Gasteiger partial charge < -0.3 is 15.3 Å². The number of benzene rings is 3. The van der Waals surface area contributed by atoms with Crippen LogP contribution in [0.25, 0.3) is 16.2 Å². The number of allylic oxidation sites excluding steroid dienone is 1. The van der Waals surface area contributed by atoms with Gasteiger partial charge in [0.05, 0.1) is 11.6 Å². The van der Waals surface area contributed by atoms with E-state index in [0.717, 1.165) is 21.3 Å². The zero-order chi connectivity index (χ0) is 24.1. The van der Waals surface area contributed by atoms with E-state index < -0.39 is 0 Å². The van der Waals surface area contributed by atoms with E-state index in [2.05, 4.69) is 5.32 Å². The number of nitrogens with one attached hydrogen (secondary N) is 1. The van der Waals surface area contributed by atoms with Gasteiger partial charge in [0.2, 0.25) is 0 Å². The number of thiophene rings is 1. The standard InChI is InChI=1S/C27H23ClN2O3S/c1-30(16-17-31)21-13-6-18(7-14-21)8-15-23(32)19-9-11-20(12-10-19)29-27(33)26-25(28)22-4-2-3-5-24(22)34-26/h2-15,31H,16-17H2,1H3,(H,29,33)/b15-8+. The minimum absolute atomic E-state index is 0.0912. The largest absolute Gasteiger partial charge is 0.395 e. The summed E-state index contributed by atoms with van der Waals surface area (Å²) in [7, 11) is 1.91. The lowest BCUT2D eigenvalue weighted by molar-refractivity contribution is 0.102. The second kappa shape index (κ2) is 10.7. The zero-order valence-electron chi connectivity index (χ0n) is 18.5. The monoisotopic (exact) mass is 490 g/mol. The third kappa shape index (κ3) is 5.37. The van der Waals surface area contributed by atoms with Crippen LogP contribution in [0.15, 0.2) is 78.9 Å². The van der Waals surface area contributed by atoms with E-state index >= 15 is 0 Å². The van der Waals surface area contributed by atoms with Gasteiger partial charge in [0.15, 0.2) is 5.78 Å². The molecule has 172 valence electrons. The number of amides is 1. The molecule has 0 atom stereocenters. The zero-order valence-corrected chi connectivity index (χ0v) is 20.1. The predicted octanol–water partition coefficient (Wildman–Crippen LogP) is 6.13. The molecule has 0 radical (unpaired) electrons. The summed E-state index contributed by atoms with van der Waals surface area (Å²) in [4.78, 5) is 27.7. The Labute approximate surface area is 206 Å². The Morgan fingerprint density at radius 3 is 2.41 bits per heavy atom. The van der Waals surface area contributed by atoms with Crippen LogP contribution in [0.4, 0.5) is 11.4 Å². The van der Waals surface area contributed by atoms with Crippen molar-refractivity contribution in [2.24, 2.45) is 0 Å². The Bertz CT molecular complexity index is 1340. The maximum Gasteiger partial charge on any atom is 0.267 e. The molecule has 4 rings (SSSR count). The van der Waals surface area contributed by atoms with Crippen molar-refractivity contribution in [2.45, 2.75) is 0 Å². The number of hydrogen-bond donors (Lipinski definition) is 2. The fraction of sp³-hybridized carbons (Fsp3) is 0.111. The molecule has 0 unspecified atom stereocenters. The van der Waals surface area contributed by atoms with Crippen LogP contribution >= 0.6 is 22.9 Å². The average molecular weight is 491 g/mol. The van der Waals surface area contributed by atoms with E-state index in [-0.39, 0.29) is 18.3 Å². The highest BCUT2D eigenvalue weighted by molar-refractivity contribution is 7.21. The Hall–Kier alpha value is -3.45. The van der Waals surface area contributed by atoms with Crippen LogP contribution in [-0.4, -0.2) is 37.0 Å². The molecular weight excluding hydrogens is 468 g/mol. The summed E-state index contributed by atoms with van der Waals surface area (Å²) in [6.07, 6.45) is 3.29. The van der Waals surface area contributed by atoms with Crippen molar-refractivity contribution in [3.63, 3.8) is 0 Å². The normalized spacial score (nSPS) is 11.1. The number of likely N-dealkylation sites (N-methyl/N-ethyl adjacent to an activating group) is 1. The highest BCUT2D eigenvalue weighted by Crippen LogP contribution is 2.35. The van der Waals surface area contributed by atoms with Gasteiger partial charge in [-0.3, -0.25) is 9.59 Å². The fourth-order valence-electron chi connectivity index (χ4n) is 3.45. The molecule has 3 aromatic carbocycles. The molecular formula is C27H23ClN2O3S. The molecule has 4 aromatic rings. The van der Waals surface area contributed by atoms with Crippen molar-refractivity contribution in [2.75, 3.05) is 30.4 Å². The second-order valence-electron chi connectivity index (χ2n) is 7.71. The molecule has 1 amide bonds. The van der Waals surface area contributed by atoms with Crippen LogP contribution in [-0.2, 0) is 0 Å². The molecule has 0 saturated carbocycles. The molecule has 1 aromatic heterocycles. The van der Waals surface area contributed by atoms with Gasteiger partial charge in [-0.15, -0.1) is 11.3 Å². The van der Waals surface area contributed by atoms with Gasteiger partial charge in [-0.1, -0.05) is 48.0 Å². The lowest BCUT2D eigenvalue weighted by Crippen LogP contribution is -2.20. The molecule has 0 aliphatic heterocycles. The molecule has 2 N–H and O–H groups in total. The smallest absolute Gasteiger partial charge is 0.267 e. The van der Waals surface area contributed by atoms with E-state index in [4.69, 9.17) is 16.7 Å². The van der Waals surface area contributed by atoms with Gasteiger partial charge in [-0.05, 0) is 54.1 Å². The number of aliphatic hydroxyl groups excluding tert-OH is 1. The first kappa shape index (κ1) is 23.7. The van der Waals surface area contributed by atoms with E-state index in [1.807, 2.05) is 60.5 Å². The van der Waals surface area contributed by atoms with Crippen LogP contribution in [0.3, 0.4) is 0 Å². The van der Waals surface area contributed by atoms with E-state index in [1.54, 1.807) is 30.3 Å². The molecule has 5 nitrogen and oxygen atoms in total. The minimum atomic E-state index is -0.279. The highest BCUT2D eigenvalue weighted by Gasteiger charge is 2.17. The Kier molecular flexibility index (Phi) is 7.43. The summed E-state index contributed by atoms with van der Waals surface area (Å²) < 4.78 is 0.956. The number of fused-ring (bicyclic) bond motifs is 1. The van der Waals surface area contributed by atoms with Gasteiger partial charge in [0.1, 0.15) is 4.88 Å². The van der Waals surface area contributed by atoms with Crippen molar-refractivity contribution in [1.29, 1.82) is 0 Å². The molecule has 1 heterocycles. The number of aliphatic hydroxyl groups is 1. The number of anilines is 2. The molecule has 0 spiro atoms. The van der Waals surface area contributed by atoms with Gasteiger partial charge in [-0.25, -0.2) is 0 Å². The van der Waals surface area contributed by atoms with Gasteiger partial charge >= 0.3 is 0 Å². The summed E-state index contributed by atoms with van der Waals surface area (Å²) in [5.41, 5.74) is 3.00. The third-order valence-corrected chi connectivity index (χ3v) is 7.04. The van der Waals surface area contributed by atoms with E-state index in [0.29, 0.717) is 27.7 Å². The molecule has 0 bridgehead atoms. The van der Waals surface area contributed by atoms with Gasteiger partial charge in [-0.2, -0.15) is 0 Å². The highest BCUT2D eigenvalue weighted by atomic mass is 35.5. The van der Waals surface area contributed by atoms with Crippen molar-refractivity contribution in [3.8, 4) is 0 Å². The summed E-state index contributed by atoms with van der Waals surface area (Å²) in [6.45, 7) is 0.648. The fourth-order valence-corrected chi connectivity index (χ4v) is 4.87. The van der Waals surface area contributed by atoms with Crippen molar-refractivity contribution in [3.05, 3.63) is 99.9 Å². The van der Waals surface area contributed by atoms with Crippen molar-refractivity contribution >= 4 is 62.2 Å². The Morgan fingerprint density at radius 1 is 1.03 bits per heavy atom. The SMILES string of the molecule is CN(CCO)c1ccc(/C=C/C(=O)c2ccc(NC(=O)c3sc4ccccc4c3Cl)cc2)cc1. The molecule has 0 fully saturated rings. The lowest BCUT2D eigenvalue weighted by atomic mass is 10.1.